The molecule has 3 N–H and O–H groups in total. The maximum atomic E-state index is 12.7. The lowest BCUT2D eigenvalue weighted by molar-refractivity contribution is -0.118. The van der Waals surface area contributed by atoms with Crippen LogP contribution in [0.15, 0.2) is 42.5 Å². The van der Waals surface area contributed by atoms with Crippen molar-refractivity contribution in [3.8, 4) is 0 Å². The van der Waals surface area contributed by atoms with Crippen LogP contribution >= 0.6 is 0 Å². The Morgan fingerprint density at radius 3 is 2.07 bits per heavy atom. The molecule has 6 heteroatoms. The van der Waals surface area contributed by atoms with Crippen molar-refractivity contribution in [2.45, 2.75) is 33.7 Å². The summed E-state index contributed by atoms with van der Waals surface area (Å²) in [6, 6.07) is 10.9. The number of hydrogen-bond donors (Lipinski definition) is 3. The number of carbonyl (C=O) groups is 3. The van der Waals surface area contributed by atoms with E-state index in [1.165, 1.54) is 12.1 Å². The first-order valence-electron chi connectivity index (χ1n) is 8.71. The van der Waals surface area contributed by atoms with Crippen LogP contribution in [0.25, 0.3) is 0 Å². The van der Waals surface area contributed by atoms with E-state index in [0.717, 1.165) is 11.1 Å². The van der Waals surface area contributed by atoms with Gasteiger partial charge in [-0.2, -0.15) is 0 Å². The third kappa shape index (κ3) is 5.17. The first-order valence-corrected chi connectivity index (χ1v) is 8.71. The first-order chi connectivity index (χ1) is 12.7. The van der Waals surface area contributed by atoms with Crippen molar-refractivity contribution in [2.75, 3.05) is 5.32 Å². The van der Waals surface area contributed by atoms with Crippen LogP contribution in [0.1, 0.15) is 45.7 Å². The van der Waals surface area contributed by atoms with Crippen molar-refractivity contribution in [3.63, 3.8) is 0 Å². The molecule has 27 heavy (non-hydrogen) atoms. The molecule has 1 atom stereocenters. The molecule has 2 aromatic carbocycles. The number of aryl methyl sites for hydroxylation is 2. The number of carboxylic acid groups (broad SMARTS) is 1. The van der Waals surface area contributed by atoms with Gasteiger partial charge >= 0.3 is 5.97 Å². The van der Waals surface area contributed by atoms with Crippen molar-refractivity contribution in [1.29, 1.82) is 0 Å². The van der Waals surface area contributed by atoms with Crippen LogP contribution in [-0.2, 0) is 4.79 Å². The van der Waals surface area contributed by atoms with Crippen molar-refractivity contribution < 1.29 is 19.5 Å². The average molecular weight is 368 g/mol. The lowest BCUT2D eigenvalue weighted by Crippen LogP contribution is -2.47. The molecule has 0 aliphatic carbocycles. The third-order valence-electron chi connectivity index (χ3n) is 4.29. The molecule has 0 saturated carbocycles. The number of hydrogen-bond acceptors (Lipinski definition) is 3. The molecule has 0 radical (unpaired) electrons. The van der Waals surface area contributed by atoms with Gasteiger partial charge in [0, 0.05) is 11.3 Å². The van der Waals surface area contributed by atoms with Gasteiger partial charge in [-0.1, -0.05) is 37.6 Å². The molecule has 2 aromatic rings. The minimum atomic E-state index is -1.07. The van der Waals surface area contributed by atoms with Gasteiger partial charge in [0.25, 0.3) is 5.91 Å². The normalized spacial score (nSPS) is 11.7. The number of nitrogens with one attached hydrogen (secondary N) is 2. The van der Waals surface area contributed by atoms with E-state index in [4.69, 9.17) is 5.11 Å². The van der Waals surface area contributed by atoms with Crippen LogP contribution in [0.3, 0.4) is 0 Å². The Bertz CT molecular complexity index is 857. The highest BCUT2D eigenvalue weighted by Gasteiger charge is 2.25. The Hall–Kier alpha value is -3.15. The van der Waals surface area contributed by atoms with Crippen LogP contribution in [0.5, 0.6) is 0 Å². The van der Waals surface area contributed by atoms with Gasteiger partial charge in [0.2, 0.25) is 5.91 Å². The summed E-state index contributed by atoms with van der Waals surface area (Å²) < 4.78 is 0. The topological polar surface area (TPSA) is 95.5 Å². The summed E-state index contributed by atoms with van der Waals surface area (Å²) in [4.78, 5) is 36.4. The van der Waals surface area contributed by atoms with Gasteiger partial charge in [0.15, 0.2) is 0 Å². The lowest BCUT2D eigenvalue weighted by atomic mass is 10.0. The number of carboxylic acids is 1. The third-order valence-corrected chi connectivity index (χ3v) is 4.29. The number of carbonyl (C=O) groups excluding carboxylic acids is 2. The standard InChI is InChI=1S/C21H24N2O4/c1-12(2)18(23-19(24)15-8-5-13(3)6-9-15)20(25)22-17-11-16(21(26)27)10-7-14(17)4/h5-12,18H,1-4H3,(H,22,25)(H,23,24)(H,26,27). The Kier molecular flexibility index (Phi) is 6.34. The van der Waals surface area contributed by atoms with Crippen LogP contribution in [0.4, 0.5) is 5.69 Å². The number of rotatable bonds is 6. The van der Waals surface area contributed by atoms with E-state index in [2.05, 4.69) is 10.6 Å². The number of benzene rings is 2. The van der Waals surface area contributed by atoms with Crippen molar-refractivity contribution >= 4 is 23.5 Å². The van der Waals surface area contributed by atoms with Crippen molar-refractivity contribution in [2.24, 2.45) is 5.92 Å². The van der Waals surface area contributed by atoms with E-state index in [1.807, 2.05) is 32.9 Å². The predicted molar refractivity (Wildman–Crippen MR) is 104 cm³/mol. The van der Waals surface area contributed by atoms with E-state index in [0.29, 0.717) is 11.3 Å². The van der Waals surface area contributed by atoms with Crippen LogP contribution in [-0.4, -0.2) is 28.9 Å². The molecular formula is C21H24N2O4. The highest BCUT2D eigenvalue weighted by molar-refractivity contribution is 6.02. The molecule has 0 aliphatic heterocycles. The van der Waals surface area contributed by atoms with Gasteiger partial charge in [0.05, 0.1) is 5.56 Å². The Labute approximate surface area is 158 Å². The number of amides is 2. The second-order valence-corrected chi connectivity index (χ2v) is 6.89. The molecule has 6 nitrogen and oxygen atoms in total. The summed E-state index contributed by atoms with van der Waals surface area (Å²) in [6.07, 6.45) is 0. The maximum absolute atomic E-state index is 12.7. The monoisotopic (exact) mass is 368 g/mol. The fourth-order valence-corrected chi connectivity index (χ4v) is 2.56. The van der Waals surface area contributed by atoms with Gasteiger partial charge < -0.3 is 15.7 Å². The molecule has 1 unspecified atom stereocenters. The highest BCUT2D eigenvalue weighted by atomic mass is 16.4. The fraction of sp³-hybridized carbons (Fsp3) is 0.286. The number of aromatic carboxylic acids is 1. The molecule has 0 aromatic heterocycles. The first kappa shape index (κ1) is 20.2. The SMILES string of the molecule is Cc1ccc(C(=O)NC(C(=O)Nc2cc(C(=O)O)ccc2C)C(C)C)cc1. The minimum absolute atomic E-state index is 0.0840. The summed E-state index contributed by atoms with van der Waals surface area (Å²) in [6.45, 7) is 7.37. The van der Waals surface area contributed by atoms with E-state index in [9.17, 15) is 14.4 Å². The Morgan fingerprint density at radius 2 is 1.52 bits per heavy atom. The van der Waals surface area contributed by atoms with Crippen molar-refractivity contribution in [1.82, 2.24) is 5.32 Å². The molecule has 0 saturated heterocycles. The summed E-state index contributed by atoms with van der Waals surface area (Å²) in [7, 11) is 0. The maximum Gasteiger partial charge on any atom is 0.335 e. The molecular weight excluding hydrogens is 344 g/mol. The van der Waals surface area contributed by atoms with E-state index in [-0.39, 0.29) is 17.4 Å². The molecule has 0 bridgehead atoms. The molecule has 2 amide bonds. The largest absolute Gasteiger partial charge is 0.478 e. The molecule has 0 fully saturated rings. The summed E-state index contributed by atoms with van der Waals surface area (Å²) in [5, 5.41) is 14.6. The van der Waals surface area contributed by atoms with Gasteiger partial charge in [-0.05, 0) is 49.6 Å². The second-order valence-electron chi connectivity index (χ2n) is 6.89. The van der Waals surface area contributed by atoms with Gasteiger partial charge in [-0.25, -0.2) is 4.79 Å². The highest BCUT2D eigenvalue weighted by Crippen LogP contribution is 2.18. The quantitative estimate of drug-likeness (QED) is 0.728. The molecule has 2 rings (SSSR count). The average Bonchev–Trinajstić information content (AvgIpc) is 2.61. The van der Waals surface area contributed by atoms with Crippen LogP contribution in [0.2, 0.25) is 0 Å². The van der Waals surface area contributed by atoms with Gasteiger partial charge in [0.1, 0.15) is 6.04 Å². The lowest BCUT2D eigenvalue weighted by Gasteiger charge is -2.22. The fourth-order valence-electron chi connectivity index (χ4n) is 2.56. The van der Waals surface area contributed by atoms with Gasteiger partial charge in [-0.15, -0.1) is 0 Å². The number of anilines is 1. The van der Waals surface area contributed by atoms with E-state index in [1.54, 1.807) is 25.1 Å². The summed E-state index contributed by atoms with van der Waals surface area (Å²) in [5.74, 6) is -1.95. The van der Waals surface area contributed by atoms with Crippen LogP contribution in [0, 0.1) is 19.8 Å². The van der Waals surface area contributed by atoms with E-state index >= 15 is 0 Å². The Morgan fingerprint density at radius 1 is 0.926 bits per heavy atom. The van der Waals surface area contributed by atoms with E-state index < -0.39 is 17.9 Å². The summed E-state index contributed by atoms with van der Waals surface area (Å²) >= 11 is 0. The molecule has 142 valence electrons. The zero-order valence-corrected chi connectivity index (χ0v) is 15.9. The van der Waals surface area contributed by atoms with Crippen LogP contribution < -0.4 is 10.6 Å². The van der Waals surface area contributed by atoms with Gasteiger partial charge in [-0.3, -0.25) is 9.59 Å². The predicted octanol–water partition coefficient (Wildman–Crippen LogP) is 3.39. The zero-order chi connectivity index (χ0) is 20.1. The minimum Gasteiger partial charge on any atom is -0.478 e. The Balaban J connectivity index is 2.18. The second kappa shape index (κ2) is 8.49. The molecule has 0 aliphatic rings. The molecule has 0 spiro atoms. The summed E-state index contributed by atoms with van der Waals surface area (Å²) in [5.41, 5.74) is 2.75. The smallest absolute Gasteiger partial charge is 0.335 e. The zero-order valence-electron chi connectivity index (χ0n) is 15.9. The molecule has 0 heterocycles. The van der Waals surface area contributed by atoms with Crippen molar-refractivity contribution in [3.05, 3.63) is 64.7 Å².